The van der Waals surface area contributed by atoms with Gasteiger partial charge in [0.05, 0.1) is 24.9 Å². The zero-order chi connectivity index (χ0) is 32.1. The molecule has 0 unspecified atom stereocenters. The van der Waals surface area contributed by atoms with Crippen molar-refractivity contribution in [1.82, 2.24) is 15.3 Å². The summed E-state index contributed by atoms with van der Waals surface area (Å²) in [6, 6.07) is 11.4. The highest BCUT2D eigenvalue weighted by Crippen LogP contribution is 2.48. The van der Waals surface area contributed by atoms with Gasteiger partial charge in [-0.1, -0.05) is 6.07 Å². The lowest BCUT2D eigenvalue weighted by Gasteiger charge is -2.31. The molecule has 2 aromatic carbocycles. The molecule has 45 heavy (non-hydrogen) atoms. The molecule has 0 bridgehead atoms. The van der Waals surface area contributed by atoms with Gasteiger partial charge in [0, 0.05) is 28.3 Å². The Morgan fingerprint density at radius 3 is 2.51 bits per heavy atom. The van der Waals surface area contributed by atoms with Crippen molar-refractivity contribution in [3.63, 3.8) is 0 Å². The maximum absolute atomic E-state index is 14.7. The molecule has 3 heterocycles. The molecule has 5 N–H and O–H groups in total. The van der Waals surface area contributed by atoms with Crippen LogP contribution in [0.4, 0.5) is 17.6 Å². The van der Waals surface area contributed by atoms with Gasteiger partial charge in [-0.25, -0.2) is 9.37 Å². The number of amides is 2. The third-order valence-corrected chi connectivity index (χ3v) is 7.96. The number of hydrogen-bond donors (Lipinski definition) is 4. The third-order valence-electron chi connectivity index (χ3n) is 7.96. The average Bonchev–Trinajstić information content (AvgIpc) is 3.75. The minimum Gasteiger partial charge on any atom is -0.489 e. The lowest BCUT2D eigenvalue weighted by atomic mass is 9.80. The smallest absolute Gasteiger partial charge is 0.424 e. The number of nitrogens with one attached hydrogen (secondary N) is 1. The second kappa shape index (κ2) is 11.0. The molecule has 6 rings (SSSR count). The Bertz CT molecular complexity index is 1810. The molecular formula is C31H26F4N4O6. The molecular weight excluding hydrogens is 600 g/mol. The van der Waals surface area contributed by atoms with Crippen LogP contribution >= 0.6 is 0 Å². The van der Waals surface area contributed by atoms with E-state index in [0.717, 1.165) is 31.0 Å². The molecule has 2 aliphatic rings. The van der Waals surface area contributed by atoms with Crippen LogP contribution in [0.25, 0.3) is 22.2 Å². The first-order chi connectivity index (χ1) is 21.4. The fourth-order valence-corrected chi connectivity index (χ4v) is 5.13. The molecule has 0 radical (unpaired) electrons. The summed E-state index contributed by atoms with van der Waals surface area (Å²) in [6.45, 7) is -2.83. The fraction of sp³-hybridized carbons (Fsp3) is 0.290. The van der Waals surface area contributed by atoms with E-state index in [0.29, 0.717) is 16.7 Å². The van der Waals surface area contributed by atoms with E-state index in [9.17, 15) is 37.4 Å². The summed E-state index contributed by atoms with van der Waals surface area (Å²) in [6.07, 6.45) is -2.29. The van der Waals surface area contributed by atoms with Crippen molar-refractivity contribution < 1.29 is 46.8 Å². The van der Waals surface area contributed by atoms with Crippen LogP contribution in [0.3, 0.4) is 0 Å². The van der Waals surface area contributed by atoms with Gasteiger partial charge in [0.15, 0.2) is 0 Å². The van der Waals surface area contributed by atoms with Crippen LogP contribution in [0.2, 0.25) is 0 Å². The van der Waals surface area contributed by atoms with Gasteiger partial charge >= 0.3 is 6.18 Å². The molecule has 0 saturated heterocycles. The van der Waals surface area contributed by atoms with Crippen molar-refractivity contribution in [2.24, 2.45) is 5.73 Å². The molecule has 234 valence electrons. The molecule has 1 aliphatic heterocycles. The number of ether oxygens (including phenoxy) is 2. The van der Waals surface area contributed by atoms with Gasteiger partial charge < -0.3 is 30.7 Å². The van der Waals surface area contributed by atoms with Crippen LogP contribution in [-0.2, 0) is 15.8 Å². The maximum atomic E-state index is 14.7. The highest BCUT2D eigenvalue weighted by atomic mass is 19.4. The zero-order valence-corrected chi connectivity index (χ0v) is 23.4. The quantitative estimate of drug-likeness (QED) is 0.206. The Balaban J connectivity index is 1.41. The monoisotopic (exact) mass is 626 g/mol. The largest absolute Gasteiger partial charge is 0.489 e. The second-order valence-corrected chi connectivity index (χ2v) is 11.0. The number of benzene rings is 2. The minimum atomic E-state index is -5.41. The summed E-state index contributed by atoms with van der Waals surface area (Å²) < 4.78 is 69.4. The molecule has 1 fully saturated rings. The predicted octanol–water partition coefficient (Wildman–Crippen LogP) is 3.26. The molecule has 4 aromatic rings. The van der Waals surface area contributed by atoms with E-state index in [4.69, 9.17) is 15.2 Å². The van der Waals surface area contributed by atoms with Crippen LogP contribution in [0, 0.1) is 5.82 Å². The molecule has 0 spiro atoms. The van der Waals surface area contributed by atoms with E-state index in [1.165, 1.54) is 24.3 Å². The van der Waals surface area contributed by atoms with Gasteiger partial charge in [-0.3, -0.25) is 14.6 Å². The number of alkyl halides is 3. The first-order valence-electron chi connectivity index (χ1n) is 13.8. The van der Waals surface area contributed by atoms with Crippen LogP contribution < -0.4 is 20.5 Å². The summed E-state index contributed by atoms with van der Waals surface area (Å²) in [5.41, 5.74) is -1.21. The Morgan fingerprint density at radius 1 is 1.13 bits per heavy atom. The van der Waals surface area contributed by atoms with E-state index < -0.39 is 60.3 Å². The fourth-order valence-electron chi connectivity index (χ4n) is 5.13. The number of pyridine rings is 2. The first kappa shape index (κ1) is 30.2. The van der Waals surface area contributed by atoms with Crippen LogP contribution in [0.5, 0.6) is 11.5 Å². The number of fused-ring (bicyclic) bond motifs is 2. The van der Waals surface area contributed by atoms with Crippen molar-refractivity contribution in [1.29, 1.82) is 0 Å². The normalized spacial score (nSPS) is 19.0. The summed E-state index contributed by atoms with van der Waals surface area (Å²) in [4.78, 5) is 34.1. The van der Waals surface area contributed by atoms with Crippen molar-refractivity contribution in [3.8, 4) is 22.8 Å². The van der Waals surface area contributed by atoms with Gasteiger partial charge in [-0.05, 0) is 61.4 Å². The standard InChI is InChI=1S/C31H26F4N4O6/c32-19-5-3-16(4-6-19)25-26-21(29(14-40,15-44-26)28(36)42)12-23(39-25)30(43,31(33,34)35)13-38-27(41)18-10-17-2-1-9-37-24(17)22(11-18)45-20-7-8-20/h1-6,9-12,20,40,43H,7-8,13-15H2,(H2,36,42)(H,38,41)/t29-,30+/m1/s1. The summed E-state index contributed by atoms with van der Waals surface area (Å²) in [5, 5.41) is 24.1. The van der Waals surface area contributed by atoms with Crippen molar-refractivity contribution in [2.45, 2.75) is 36.1 Å². The van der Waals surface area contributed by atoms with Crippen molar-refractivity contribution >= 4 is 22.7 Å². The van der Waals surface area contributed by atoms with Crippen LogP contribution in [0.15, 0.2) is 60.8 Å². The topological polar surface area (TPSA) is 157 Å². The number of carbonyl (C=O) groups is 2. The average molecular weight is 627 g/mol. The third kappa shape index (κ3) is 5.29. The minimum absolute atomic E-state index is 0.0361. The van der Waals surface area contributed by atoms with Gasteiger partial charge in [0.25, 0.3) is 5.91 Å². The summed E-state index contributed by atoms with van der Waals surface area (Å²) in [7, 11) is 0. The number of aliphatic hydroxyl groups is 2. The Morgan fingerprint density at radius 2 is 1.87 bits per heavy atom. The highest BCUT2D eigenvalue weighted by molar-refractivity contribution is 6.00. The Kier molecular flexibility index (Phi) is 7.36. The molecule has 2 aromatic heterocycles. The maximum Gasteiger partial charge on any atom is 0.424 e. The van der Waals surface area contributed by atoms with E-state index in [-0.39, 0.29) is 34.2 Å². The number of hydrogen-bond acceptors (Lipinski definition) is 8. The number of nitrogens with two attached hydrogens (primary N) is 1. The van der Waals surface area contributed by atoms with Gasteiger partial charge in [-0.2, -0.15) is 13.2 Å². The van der Waals surface area contributed by atoms with E-state index in [2.05, 4.69) is 15.3 Å². The second-order valence-electron chi connectivity index (χ2n) is 11.0. The lowest BCUT2D eigenvalue weighted by Crippen LogP contribution is -2.52. The Hall–Kier alpha value is -4.82. The molecule has 2 amide bonds. The first-order valence-corrected chi connectivity index (χ1v) is 13.8. The van der Waals surface area contributed by atoms with Gasteiger partial charge in [-0.15, -0.1) is 0 Å². The van der Waals surface area contributed by atoms with Crippen LogP contribution in [0.1, 0.15) is 34.5 Å². The molecule has 14 heteroatoms. The number of primary amides is 1. The lowest BCUT2D eigenvalue weighted by molar-refractivity contribution is -0.265. The summed E-state index contributed by atoms with van der Waals surface area (Å²) >= 11 is 0. The molecule has 2 atom stereocenters. The highest BCUT2D eigenvalue weighted by Gasteiger charge is 2.58. The van der Waals surface area contributed by atoms with Crippen LogP contribution in [-0.4, -0.2) is 64.0 Å². The summed E-state index contributed by atoms with van der Waals surface area (Å²) in [5.74, 6) is -2.56. The number of rotatable bonds is 9. The van der Waals surface area contributed by atoms with Gasteiger partial charge in [0.1, 0.15) is 40.5 Å². The number of halogens is 4. The molecule has 1 aliphatic carbocycles. The van der Waals surface area contributed by atoms with E-state index in [1.807, 2.05) is 0 Å². The zero-order valence-electron chi connectivity index (χ0n) is 23.4. The molecule has 1 saturated carbocycles. The van der Waals surface area contributed by atoms with Crippen molar-refractivity contribution in [2.75, 3.05) is 19.8 Å². The Labute approximate surface area is 252 Å². The SMILES string of the molecule is NC(=O)[C@]1(CO)COc2c1cc([C@@](O)(CNC(=O)c1cc(OC3CC3)c3ncccc3c1)C(F)(F)F)nc2-c1ccc(F)cc1. The number of aromatic nitrogens is 2. The van der Waals surface area contributed by atoms with Gasteiger partial charge in [0.2, 0.25) is 11.5 Å². The number of aliphatic hydroxyl groups excluding tert-OH is 1. The van der Waals surface area contributed by atoms with Crippen molar-refractivity contribution in [3.05, 3.63) is 83.4 Å². The molecule has 10 nitrogen and oxygen atoms in total. The van der Waals surface area contributed by atoms with E-state index in [1.54, 1.807) is 18.3 Å². The van der Waals surface area contributed by atoms with E-state index >= 15 is 0 Å². The number of nitrogens with zero attached hydrogens (tertiary/aromatic N) is 2. The predicted molar refractivity (Wildman–Crippen MR) is 151 cm³/mol. The number of carbonyl (C=O) groups excluding carboxylic acids is 2.